The molecule has 0 aliphatic carbocycles. The number of nitrogens with one attached hydrogen (secondary N) is 2. The number of hydrogen-bond donors (Lipinski definition) is 2. The van der Waals surface area contributed by atoms with Crippen molar-refractivity contribution in [2.45, 2.75) is 30.9 Å². The van der Waals surface area contributed by atoms with Crippen LogP contribution in [0.1, 0.15) is 19.4 Å². The monoisotopic (exact) mass is 346 g/mol. The summed E-state index contributed by atoms with van der Waals surface area (Å²) < 4.78 is 13.8. The molecular weight excluding hydrogens is 327 g/mol. The van der Waals surface area contributed by atoms with Crippen LogP contribution in [0.2, 0.25) is 0 Å². The first kappa shape index (κ1) is 18.0. The van der Waals surface area contributed by atoms with Crippen LogP contribution in [-0.2, 0) is 9.59 Å². The molecule has 0 aliphatic rings. The maximum atomic E-state index is 13.8. The summed E-state index contributed by atoms with van der Waals surface area (Å²) in [5.41, 5.74) is 1.68. The Balaban J connectivity index is 1.97. The van der Waals surface area contributed by atoms with Crippen LogP contribution in [-0.4, -0.2) is 17.1 Å². The minimum Gasteiger partial charge on any atom is -0.326 e. The maximum absolute atomic E-state index is 13.8. The van der Waals surface area contributed by atoms with Crippen molar-refractivity contribution in [2.24, 2.45) is 0 Å². The molecule has 0 saturated carbocycles. The first-order valence-electron chi connectivity index (χ1n) is 7.46. The molecule has 1 atom stereocenters. The van der Waals surface area contributed by atoms with Crippen LogP contribution in [0, 0.1) is 12.7 Å². The van der Waals surface area contributed by atoms with E-state index in [0.29, 0.717) is 5.69 Å². The first-order valence-corrected chi connectivity index (χ1v) is 8.34. The van der Waals surface area contributed by atoms with Gasteiger partial charge in [-0.05, 0) is 55.8 Å². The van der Waals surface area contributed by atoms with Gasteiger partial charge in [-0.2, -0.15) is 0 Å². The Kier molecular flexibility index (Phi) is 5.98. The lowest BCUT2D eigenvalue weighted by atomic mass is 10.2. The van der Waals surface area contributed by atoms with Crippen LogP contribution in [0.4, 0.5) is 15.8 Å². The lowest BCUT2D eigenvalue weighted by Gasteiger charge is -2.13. The van der Waals surface area contributed by atoms with Gasteiger partial charge < -0.3 is 10.6 Å². The van der Waals surface area contributed by atoms with E-state index in [0.717, 1.165) is 10.5 Å². The predicted octanol–water partition coefficient (Wildman–Crippen LogP) is 4.21. The van der Waals surface area contributed by atoms with Crippen LogP contribution in [0.3, 0.4) is 0 Å². The third-order valence-electron chi connectivity index (χ3n) is 3.24. The summed E-state index contributed by atoms with van der Waals surface area (Å²) in [6, 6.07) is 11.9. The van der Waals surface area contributed by atoms with Crippen molar-refractivity contribution in [1.82, 2.24) is 0 Å². The van der Waals surface area contributed by atoms with E-state index in [1.165, 1.54) is 24.8 Å². The van der Waals surface area contributed by atoms with Gasteiger partial charge in [-0.25, -0.2) is 4.39 Å². The zero-order chi connectivity index (χ0) is 17.7. The third kappa shape index (κ3) is 5.09. The van der Waals surface area contributed by atoms with E-state index < -0.39 is 11.1 Å². The fourth-order valence-electron chi connectivity index (χ4n) is 2.03. The molecule has 0 bridgehead atoms. The number of aryl methyl sites for hydroxylation is 1. The third-order valence-corrected chi connectivity index (χ3v) is 4.35. The molecule has 2 aromatic carbocycles. The molecule has 1 unspecified atom stereocenters. The van der Waals surface area contributed by atoms with E-state index in [-0.39, 0.29) is 17.5 Å². The Bertz CT molecular complexity index is 747. The standard InChI is InChI=1S/C18H19FN2O2S/c1-11-4-9-17(16(19)10-11)21-18(23)12(2)24-15-7-5-14(6-8-15)20-13(3)22/h4-10,12H,1-3H3,(H,20,22)(H,21,23). The summed E-state index contributed by atoms with van der Waals surface area (Å²) in [5, 5.41) is 4.89. The zero-order valence-corrected chi connectivity index (χ0v) is 14.5. The molecule has 0 fully saturated rings. The Hall–Kier alpha value is -2.34. The number of anilines is 2. The zero-order valence-electron chi connectivity index (χ0n) is 13.7. The fourth-order valence-corrected chi connectivity index (χ4v) is 2.90. The van der Waals surface area contributed by atoms with Crippen LogP contribution in [0.15, 0.2) is 47.4 Å². The molecule has 24 heavy (non-hydrogen) atoms. The van der Waals surface area contributed by atoms with E-state index in [9.17, 15) is 14.0 Å². The molecule has 0 radical (unpaired) electrons. The Morgan fingerprint density at radius 2 is 1.75 bits per heavy atom. The molecule has 0 saturated heterocycles. The molecule has 4 nitrogen and oxygen atoms in total. The molecule has 2 aromatic rings. The van der Waals surface area contributed by atoms with Crippen molar-refractivity contribution in [3.8, 4) is 0 Å². The van der Waals surface area contributed by atoms with Gasteiger partial charge in [0.05, 0.1) is 10.9 Å². The van der Waals surface area contributed by atoms with Crippen molar-refractivity contribution in [3.63, 3.8) is 0 Å². The highest BCUT2D eigenvalue weighted by molar-refractivity contribution is 8.00. The molecule has 0 aromatic heterocycles. The summed E-state index contributed by atoms with van der Waals surface area (Å²) in [6.45, 7) is 4.99. The van der Waals surface area contributed by atoms with Crippen molar-refractivity contribution < 1.29 is 14.0 Å². The molecular formula is C18H19FN2O2S. The van der Waals surface area contributed by atoms with Crippen LogP contribution in [0.5, 0.6) is 0 Å². The number of carbonyl (C=O) groups excluding carboxylic acids is 2. The molecule has 6 heteroatoms. The number of rotatable bonds is 5. The van der Waals surface area contributed by atoms with Gasteiger partial charge in [-0.3, -0.25) is 9.59 Å². The average Bonchev–Trinajstić information content (AvgIpc) is 2.51. The molecule has 2 rings (SSSR count). The van der Waals surface area contributed by atoms with E-state index >= 15 is 0 Å². The smallest absolute Gasteiger partial charge is 0.237 e. The van der Waals surface area contributed by atoms with Gasteiger partial charge in [0.15, 0.2) is 0 Å². The van der Waals surface area contributed by atoms with Gasteiger partial charge >= 0.3 is 0 Å². The number of hydrogen-bond acceptors (Lipinski definition) is 3. The van der Waals surface area contributed by atoms with Crippen molar-refractivity contribution >= 4 is 35.0 Å². The van der Waals surface area contributed by atoms with Gasteiger partial charge in [0.2, 0.25) is 11.8 Å². The van der Waals surface area contributed by atoms with Crippen LogP contribution in [0.25, 0.3) is 0 Å². The second-order valence-corrected chi connectivity index (χ2v) is 6.85. The topological polar surface area (TPSA) is 58.2 Å². The first-order chi connectivity index (χ1) is 11.3. The largest absolute Gasteiger partial charge is 0.326 e. The van der Waals surface area contributed by atoms with Gasteiger partial charge in [0.25, 0.3) is 0 Å². The van der Waals surface area contributed by atoms with Crippen molar-refractivity contribution in [1.29, 1.82) is 0 Å². The van der Waals surface area contributed by atoms with E-state index in [2.05, 4.69) is 10.6 Å². The van der Waals surface area contributed by atoms with Crippen LogP contribution < -0.4 is 10.6 Å². The number of halogens is 1. The summed E-state index contributed by atoms with van der Waals surface area (Å²) in [4.78, 5) is 24.1. The number of benzene rings is 2. The van der Waals surface area contributed by atoms with Crippen molar-refractivity contribution in [3.05, 3.63) is 53.8 Å². The lowest BCUT2D eigenvalue weighted by molar-refractivity contribution is -0.115. The maximum Gasteiger partial charge on any atom is 0.237 e. The second kappa shape index (κ2) is 7.97. The van der Waals surface area contributed by atoms with E-state index in [1.54, 1.807) is 38.1 Å². The summed E-state index contributed by atoms with van der Waals surface area (Å²) >= 11 is 1.36. The number of amides is 2. The Labute approximate surface area is 144 Å². The van der Waals surface area contributed by atoms with E-state index in [1.807, 2.05) is 12.1 Å². The van der Waals surface area contributed by atoms with Gasteiger partial charge in [-0.1, -0.05) is 6.07 Å². The van der Waals surface area contributed by atoms with Crippen LogP contribution >= 0.6 is 11.8 Å². The summed E-state index contributed by atoms with van der Waals surface area (Å²) in [6.07, 6.45) is 0. The van der Waals surface area contributed by atoms with Gasteiger partial charge in [0.1, 0.15) is 5.82 Å². The van der Waals surface area contributed by atoms with Gasteiger partial charge in [-0.15, -0.1) is 11.8 Å². The van der Waals surface area contributed by atoms with E-state index in [4.69, 9.17) is 0 Å². The predicted molar refractivity (Wildman–Crippen MR) is 95.8 cm³/mol. The lowest BCUT2D eigenvalue weighted by Crippen LogP contribution is -2.22. The fraction of sp³-hybridized carbons (Fsp3) is 0.222. The molecule has 126 valence electrons. The highest BCUT2D eigenvalue weighted by atomic mass is 32.2. The minimum atomic E-state index is -0.444. The highest BCUT2D eigenvalue weighted by Crippen LogP contribution is 2.26. The normalized spacial score (nSPS) is 11.7. The van der Waals surface area contributed by atoms with Crippen molar-refractivity contribution in [2.75, 3.05) is 10.6 Å². The molecule has 2 amide bonds. The number of carbonyl (C=O) groups is 2. The Morgan fingerprint density at radius 3 is 2.33 bits per heavy atom. The molecule has 0 aliphatic heterocycles. The quantitative estimate of drug-likeness (QED) is 0.797. The molecule has 2 N–H and O–H groups in total. The number of thioether (sulfide) groups is 1. The van der Waals surface area contributed by atoms with Gasteiger partial charge in [0, 0.05) is 17.5 Å². The Morgan fingerprint density at radius 1 is 1.08 bits per heavy atom. The average molecular weight is 346 g/mol. The second-order valence-electron chi connectivity index (χ2n) is 5.44. The molecule has 0 heterocycles. The minimum absolute atomic E-state index is 0.136. The summed E-state index contributed by atoms with van der Waals surface area (Å²) in [5.74, 6) is -0.850. The molecule has 0 spiro atoms. The SMILES string of the molecule is CC(=O)Nc1ccc(SC(C)C(=O)Nc2ccc(C)cc2F)cc1. The summed E-state index contributed by atoms with van der Waals surface area (Å²) in [7, 11) is 0. The highest BCUT2D eigenvalue weighted by Gasteiger charge is 2.16.